The smallest absolute Gasteiger partial charge is 0.416 e. The number of anilines is 2. The fourth-order valence-corrected chi connectivity index (χ4v) is 4.03. The van der Waals surface area contributed by atoms with Crippen LogP contribution in [0.4, 0.5) is 24.7 Å². The number of aliphatic hydroxyl groups is 1. The van der Waals surface area contributed by atoms with Gasteiger partial charge in [0, 0.05) is 6.20 Å². The van der Waals surface area contributed by atoms with Gasteiger partial charge in [0.2, 0.25) is 0 Å². The van der Waals surface area contributed by atoms with Crippen molar-refractivity contribution in [1.82, 2.24) is 15.0 Å². The number of aromatic nitrogens is 3. The number of para-hydroxylation sites is 1. The van der Waals surface area contributed by atoms with E-state index in [4.69, 9.17) is 4.74 Å². The minimum Gasteiger partial charge on any atom is -0.488 e. The van der Waals surface area contributed by atoms with Crippen molar-refractivity contribution in [1.29, 1.82) is 0 Å². The molecule has 0 radical (unpaired) electrons. The Bertz CT molecular complexity index is 1300. The number of H-pyrrole nitrogens is 1. The van der Waals surface area contributed by atoms with E-state index in [0.717, 1.165) is 24.1 Å². The summed E-state index contributed by atoms with van der Waals surface area (Å²) >= 11 is 0. The molecule has 1 aliphatic rings. The van der Waals surface area contributed by atoms with Gasteiger partial charge in [-0.15, -0.1) is 0 Å². The number of alkyl halides is 3. The van der Waals surface area contributed by atoms with Gasteiger partial charge in [-0.2, -0.15) is 13.2 Å². The highest BCUT2D eigenvalue weighted by Crippen LogP contribution is 2.44. The minimum atomic E-state index is -4.44. The largest absolute Gasteiger partial charge is 0.488 e. The molecule has 3 heterocycles. The fraction of sp³-hybridized carbons (Fsp3) is 0.250. The molecule has 0 bridgehead atoms. The number of imidazole rings is 1. The predicted molar refractivity (Wildman–Crippen MR) is 119 cm³/mol. The molecule has 2 aromatic heterocycles. The average molecular weight is 454 g/mol. The van der Waals surface area contributed by atoms with E-state index in [-0.39, 0.29) is 24.8 Å². The lowest BCUT2D eigenvalue weighted by Gasteiger charge is -2.37. The van der Waals surface area contributed by atoms with Crippen LogP contribution >= 0.6 is 0 Å². The quantitative estimate of drug-likeness (QED) is 0.449. The molecule has 0 saturated carbocycles. The molecule has 1 atom stereocenters. The van der Waals surface area contributed by atoms with Crippen LogP contribution < -0.4 is 9.64 Å². The molecule has 9 heteroatoms. The Morgan fingerprint density at radius 1 is 1.18 bits per heavy atom. The Balaban J connectivity index is 1.60. The van der Waals surface area contributed by atoms with Crippen LogP contribution in [0.15, 0.2) is 54.7 Å². The SMILES string of the molecule is CCc1ccc(N2c3cccc(-c4nc5ccc(C(F)(F)F)cc5[nH]4)c3OC[C@@H]2CO)nc1. The molecule has 33 heavy (non-hydrogen) atoms. The second-order valence-electron chi connectivity index (χ2n) is 7.86. The summed E-state index contributed by atoms with van der Waals surface area (Å²) in [5, 5.41) is 9.96. The van der Waals surface area contributed by atoms with E-state index in [1.54, 1.807) is 12.3 Å². The molecule has 0 amide bonds. The molecule has 6 nitrogen and oxygen atoms in total. The van der Waals surface area contributed by atoms with Crippen molar-refractivity contribution in [3.05, 3.63) is 65.9 Å². The summed E-state index contributed by atoms with van der Waals surface area (Å²) in [7, 11) is 0. The van der Waals surface area contributed by atoms with Crippen molar-refractivity contribution in [2.75, 3.05) is 18.1 Å². The van der Waals surface area contributed by atoms with E-state index >= 15 is 0 Å². The highest BCUT2D eigenvalue weighted by molar-refractivity contribution is 5.85. The number of fused-ring (bicyclic) bond motifs is 2. The Labute approximate surface area is 187 Å². The molecule has 5 rings (SSSR count). The summed E-state index contributed by atoms with van der Waals surface area (Å²) in [5.74, 6) is 1.60. The predicted octanol–water partition coefficient (Wildman–Crippen LogP) is 5.10. The second-order valence-corrected chi connectivity index (χ2v) is 7.86. The van der Waals surface area contributed by atoms with Crippen molar-refractivity contribution in [3.63, 3.8) is 0 Å². The number of nitrogens with zero attached hydrogens (tertiary/aromatic N) is 3. The second kappa shape index (κ2) is 8.08. The molecular formula is C24H21F3N4O2. The number of pyridine rings is 1. The molecule has 0 saturated heterocycles. The number of aromatic amines is 1. The van der Waals surface area contributed by atoms with Crippen LogP contribution in [-0.2, 0) is 12.6 Å². The van der Waals surface area contributed by atoms with Gasteiger partial charge in [-0.25, -0.2) is 9.97 Å². The highest BCUT2D eigenvalue weighted by Gasteiger charge is 2.33. The summed E-state index contributed by atoms with van der Waals surface area (Å²) in [4.78, 5) is 14.0. The Kier molecular flexibility index (Phi) is 5.20. The maximum atomic E-state index is 13.1. The number of aryl methyl sites for hydroxylation is 1. The van der Waals surface area contributed by atoms with Crippen molar-refractivity contribution in [2.45, 2.75) is 25.6 Å². The third-order valence-electron chi connectivity index (χ3n) is 5.78. The number of benzene rings is 2. The summed E-state index contributed by atoms with van der Waals surface area (Å²) < 4.78 is 45.3. The number of halogens is 3. The molecule has 1 aliphatic heterocycles. The van der Waals surface area contributed by atoms with Crippen molar-refractivity contribution in [3.8, 4) is 17.1 Å². The van der Waals surface area contributed by atoms with E-state index in [0.29, 0.717) is 34.2 Å². The van der Waals surface area contributed by atoms with E-state index in [2.05, 4.69) is 21.9 Å². The van der Waals surface area contributed by atoms with E-state index in [1.807, 2.05) is 29.2 Å². The molecule has 0 aliphatic carbocycles. The van der Waals surface area contributed by atoms with Gasteiger partial charge in [-0.05, 0) is 48.4 Å². The molecule has 0 fully saturated rings. The van der Waals surface area contributed by atoms with Crippen LogP contribution in [0.1, 0.15) is 18.1 Å². The number of aliphatic hydroxyl groups excluding tert-OH is 1. The number of hydrogen-bond donors (Lipinski definition) is 2. The number of rotatable bonds is 4. The standard InChI is InChI=1S/C24H21F3N4O2/c1-2-14-6-9-21(28-11-14)31-16(12-32)13-33-22-17(4-3-5-20(22)31)23-29-18-8-7-15(24(25,26)27)10-19(18)30-23/h3-11,16,32H,2,12-13H2,1H3,(H,29,30)/t16-/m0/s1. The van der Waals surface area contributed by atoms with Crippen LogP contribution in [0.5, 0.6) is 5.75 Å². The fourth-order valence-electron chi connectivity index (χ4n) is 4.03. The zero-order valence-electron chi connectivity index (χ0n) is 17.7. The molecule has 0 spiro atoms. The minimum absolute atomic E-state index is 0.133. The Morgan fingerprint density at radius 2 is 2.03 bits per heavy atom. The Hall–Kier alpha value is -3.59. The van der Waals surface area contributed by atoms with Crippen molar-refractivity contribution < 1.29 is 23.0 Å². The van der Waals surface area contributed by atoms with Gasteiger partial charge in [0.25, 0.3) is 0 Å². The highest BCUT2D eigenvalue weighted by atomic mass is 19.4. The maximum absolute atomic E-state index is 13.1. The lowest BCUT2D eigenvalue weighted by atomic mass is 10.1. The van der Waals surface area contributed by atoms with E-state index in [1.165, 1.54) is 6.07 Å². The van der Waals surface area contributed by atoms with Crippen LogP contribution in [-0.4, -0.2) is 39.3 Å². The normalized spacial score (nSPS) is 16.0. The molecule has 2 aromatic carbocycles. The lowest BCUT2D eigenvalue weighted by Crippen LogP contribution is -2.43. The van der Waals surface area contributed by atoms with Gasteiger partial charge < -0.3 is 19.7 Å². The zero-order chi connectivity index (χ0) is 23.2. The molecule has 0 unspecified atom stereocenters. The van der Waals surface area contributed by atoms with Crippen LogP contribution in [0.3, 0.4) is 0 Å². The Morgan fingerprint density at radius 3 is 2.73 bits per heavy atom. The van der Waals surface area contributed by atoms with Crippen LogP contribution in [0, 0.1) is 0 Å². The van der Waals surface area contributed by atoms with Crippen molar-refractivity contribution >= 4 is 22.5 Å². The third-order valence-corrected chi connectivity index (χ3v) is 5.78. The summed E-state index contributed by atoms with van der Waals surface area (Å²) in [6.07, 6.45) is -1.77. The number of hydrogen-bond acceptors (Lipinski definition) is 5. The number of ether oxygens (including phenoxy) is 1. The summed E-state index contributed by atoms with van der Waals surface area (Å²) in [5.41, 5.74) is 2.38. The van der Waals surface area contributed by atoms with Gasteiger partial charge in [0.1, 0.15) is 18.2 Å². The number of nitrogens with one attached hydrogen (secondary N) is 1. The van der Waals surface area contributed by atoms with Gasteiger partial charge in [-0.1, -0.05) is 19.1 Å². The van der Waals surface area contributed by atoms with Gasteiger partial charge in [0.15, 0.2) is 5.75 Å². The first kappa shape index (κ1) is 21.3. The summed E-state index contributed by atoms with van der Waals surface area (Å²) in [6.45, 7) is 2.14. The van der Waals surface area contributed by atoms with Crippen molar-refractivity contribution in [2.24, 2.45) is 0 Å². The first-order chi connectivity index (χ1) is 15.9. The topological polar surface area (TPSA) is 74.3 Å². The van der Waals surface area contributed by atoms with Crippen LogP contribution in [0.2, 0.25) is 0 Å². The van der Waals surface area contributed by atoms with Gasteiger partial charge >= 0.3 is 6.18 Å². The van der Waals surface area contributed by atoms with E-state index in [9.17, 15) is 18.3 Å². The maximum Gasteiger partial charge on any atom is 0.416 e. The summed E-state index contributed by atoms with van der Waals surface area (Å²) in [6, 6.07) is 12.5. The van der Waals surface area contributed by atoms with Crippen LogP contribution in [0.25, 0.3) is 22.4 Å². The molecule has 2 N–H and O–H groups in total. The zero-order valence-corrected chi connectivity index (χ0v) is 17.7. The average Bonchev–Trinajstić information content (AvgIpc) is 3.25. The lowest BCUT2D eigenvalue weighted by molar-refractivity contribution is -0.137. The van der Waals surface area contributed by atoms with Gasteiger partial charge in [-0.3, -0.25) is 0 Å². The first-order valence-corrected chi connectivity index (χ1v) is 10.6. The molecule has 4 aromatic rings. The first-order valence-electron chi connectivity index (χ1n) is 10.6. The third kappa shape index (κ3) is 3.78. The van der Waals surface area contributed by atoms with Gasteiger partial charge in [0.05, 0.1) is 40.5 Å². The van der Waals surface area contributed by atoms with E-state index < -0.39 is 11.7 Å². The monoisotopic (exact) mass is 454 g/mol. The molecular weight excluding hydrogens is 433 g/mol. The molecule has 170 valence electrons.